The van der Waals surface area contributed by atoms with Crippen molar-refractivity contribution in [3.63, 3.8) is 0 Å². The maximum atomic E-state index is 10.9. The highest BCUT2D eigenvalue weighted by Gasteiger charge is 2.26. The molecule has 1 nitrogen and oxygen atoms in total. The van der Waals surface area contributed by atoms with E-state index in [1.165, 1.54) is 0 Å². The van der Waals surface area contributed by atoms with Crippen LogP contribution in [0.4, 0.5) is 0 Å². The molecule has 11 heavy (non-hydrogen) atoms. The van der Waals surface area contributed by atoms with Crippen LogP contribution in [0.1, 0.15) is 20.3 Å². The van der Waals surface area contributed by atoms with E-state index in [0.717, 1.165) is 6.42 Å². The molecule has 0 saturated carbocycles. The Bertz CT molecular complexity index is 186. The number of allylic oxidation sites excluding steroid dienone is 2. The smallest absolute Gasteiger partial charge is 0.225 e. The van der Waals surface area contributed by atoms with Crippen molar-refractivity contribution in [1.29, 1.82) is 0 Å². The molecule has 3 atom stereocenters. The number of carbonyl (C=O) groups excluding carboxylic acids is 1. The largest absolute Gasteiger partial charge is 0.281 e. The van der Waals surface area contributed by atoms with Gasteiger partial charge in [-0.2, -0.15) is 0 Å². The zero-order chi connectivity index (χ0) is 8.43. The number of carbonyl (C=O) groups is 1. The molecule has 62 valence electrons. The van der Waals surface area contributed by atoms with E-state index in [9.17, 15) is 4.79 Å². The quantitative estimate of drug-likeness (QED) is 0.439. The molecular formula is C9H13ClO. The van der Waals surface area contributed by atoms with Crippen LogP contribution in [-0.2, 0) is 4.79 Å². The lowest BCUT2D eigenvalue weighted by Gasteiger charge is -2.24. The number of halogens is 1. The van der Waals surface area contributed by atoms with Gasteiger partial charge >= 0.3 is 0 Å². The molecule has 3 unspecified atom stereocenters. The van der Waals surface area contributed by atoms with Gasteiger partial charge in [-0.15, -0.1) is 0 Å². The third kappa shape index (κ3) is 2.06. The second-order valence-electron chi connectivity index (χ2n) is 3.37. The van der Waals surface area contributed by atoms with Crippen LogP contribution in [0.5, 0.6) is 0 Å². The summed E-state index contributed by atoms with van der Waals surface area (Å²) in [6.07, 6.45) is 5.14. The number of hydrogen-bond donors (Lipinski definition) is 0. The first-order valence-corrected chi connectivity index (χ1v) is 4.36. The molecule has 0 saturated heterocycles. The maximum absolute atomic E-state index is 10.9. The van der Waals surface area contributed by atoms with Crippen LogP contribution in [-0.4, -0.2) is 5.24 Å². The topological polar surface area (TPSA) is 17.1 Å². The van der Waals surface area contributed by atoms with Crippen molar-refractivity contribution < 1.29 is 4.79 Å². The third-order valence-corrected chi connectivity index (χ3v) is 2.58. The van der Waals surface area contributed by atoms with Crippen molar-refractivity contribution >= 4 is 16.8 Å². The van der Waals surface area contributed by atoms with Crippen LogP contribution >= 0.6 is 11.6 Å². The summed E-state index contributed by atoms with van der Waals surface area (Å²) in [7, 11) is 0. The minimum Gasteiger partial charge on any atom is -0.281 e. The van der Waals surface area contributed by atoms with Crippen LogP contribution in [0.2, 0.25) is 0 Å². The van der Waals surface area contributed by atoms with E-state index in [1.807, 2.05) is 6.92 Å². The lowest BCUT2D eigenvalue weighted by molar-refractivity contribution is -0.116. The van der Waals surface area contributed by atoms with Gasteiger partial charge in [0.1, 0.15) is 0 Å². The van der Waals surface area contributed by atoms with Gasteiger partial charge in [-0.25, -0.2) is 0 Å². The van der Waals surface area contributed by atoms with E-state index in [2.05, 4.69) is 19.1 Å². The average molecular weight is 173 g/mol. The predicted molar refractivity (Wildman–Crippen MR) is 46.4 cm³/mol. The maximum Gasteiger partial charge on any atom is 0.225 e. The zero-order valence-corrected chi connectivity index (χ0v) is 7.64. The Hall–Kier alpha value is -0.300. The van der Waals surface area contributed by atoms with Crippen LogP contribution in [0, 0.1) is 17.8 Å². The van der Waals surface area contributed by atoms with E-state index in [0.29, 0.717) is 11.8 Å². The Morgan fingerprint density at radius 1 is 1.45 bits per heavy atom. The van der Waals surface area contributed by atoms with Gasteiger partial charge in [0.05, 0.1) is 0 Å². The molecule has 0 N–H and O–H groups in total. The molecule has 0 bridgehead atoms. The molecule has 0 aliphatic heterocycles. The number of rotatable bonds is 1. The molecule has 1 rings (SSSR count). The Kier molecular flexibility index (Phi) is 2.72. The van der Waals surface area contributed by atoms with Crippen molar-refractivity contribution in [3.05, 3.63) is 12.2 Å². The molecule has 0 spiro atoms. The lowest BCUT2D eigenvalue weighted by Crippen LogP contribution is -2.22. The molecule has 1 aliphatic carbocycles. The summed E-state index contributed by atoms with van der Waals surface area (Å²) in [4.78, 5) is 10.9. The van der Waals surface area contributed by atoms with Crippen molar-refractivity contribution in [1.82, 2.24) is 0 Å². The second kappa shape index (κ2) is 3.40. The Morgan fingerprint density at radius 2 is 2.09 bits per heavy atom. The molecule has 0 aromatic rings. The molecule has 0 aromatic carbocycles. The summed E-state index contributed by atoms with van der Waals surface area (Å²) in [5, 5.41) is -0.186. The predicted octanol–water partition coefficient (Wildman–Crippen LogP) is 2.60. The molecule has 0 heterocycles. The van der Waals surface area contributed by atoms with Gasteiger partial charge in [0.15, 0.2) is 0 Å². The first kappa shape index (κ1) is 8.79. The van der Waals surface area contributed by atoms with Crippen LogP contribution < -0.4 is 0 Å². The van der Waals surface area contributed by atoms with Crippen molar-refractivity contribution in [2.45, 2.75) is 20.3 Å². The van der Waals surface area contributed by atoms with Gasteiger partial charge in [0.2, 0.25) is 5.24 Å². The summed E-state index contributed by atoms with van der Waals surface area (Å²) in [6, 6.07) is 0. The monoisotopic (exact) mass is 172 g/mol. The second-order valence-corrected chi connectivity index (χ2v) is 3.74. The molecule has 0 radical (unpaired) electrons. The summed E-state index contributed by atoms with van der Waals surface area (Å²) in [6.45, 7) is 4.14. The van der Waals surface area contributed by atoms with Crippen LogP contribution in [0.3, 0.4) is 0 Å². The zero-order valence-electron chi connectivity index (χ0n) is 6.88. The summed E-state index contributed by atoms with van der Waals surface area (Å²) in [5.41, 5.74) is 0. The highest BCUT2D eigenvalue weighted by Crippen LogP contribution is 2.29. The van der Waals surface area contributed by atoms with Gasteiger partial charge < -0.3 is 0 Å². The standard InChI is InChI=1S/C9H13ClO/c1-6-3-4-7(2)8(5-6)9(10)11/h3-4,6-8H,5H2,1-2H3. The molecule has 1 aliphatic rings. The summed E-state index contributed by atoms with van der Waals surface area (Å²) in [5.74, 6) is 0.853. The van der Waals surface area contributed by atoms with E-state index in [-0.39, 0.29) is 11.2 Å². The van der Waals surface area contributed by atoms with Crippen LogP contribution in [0.25, 0.3) is 0 Å². The Labute approximate surface area is 72.4 Å². The van der Waals surface area contributed by atoms with Crippen LogP contribution in [0.15, 0.2) is 12.2 Å². The van der Waals surface area contributed by atoms with Crippen molar-refractivity contribution in [2.24, 2.45) is 17.8 Å². The fourth-order valence-electron chi connectivity index (χ4n) is 1.49. The van der Waals surface area contributed by atoms with E-state index >= 15 is 0 Å². The van der Waals surface area contributed by atoms with Crippen molar-refractivity contribution in [2.75, 3.05) is 0 Å². The fourth-order valence-corrected chi connectivity index (χ4v) is 1.78. The summed E-state index contributed by atoms with van der Waals surface area (Å²) >= 11 is 5.44. The number of hydrogen-bond acceptors (Lipinski definition) is 1. The average Bonchev–Trinajstić information content (AvgIpc) is 1.94. The fraction of sp³-hybridized carbons (Fsp3) is 0.667. The first-order valence-electron chi connectivity index (χ1n) is 3.99. The van der Waals surface area contributed by atoms with Gasteiger partial charge in [0.25, 0.3) is 0 Å². The molecule has 0 fully saturated rings. The van der Waals surface area contributed by atoms with Gasteiger partial charge in [0, 0.05) is 5.92 Å². The van der Waals surface area contributed by atoms with E-state index in [4.69, 9.17) is 11.6 Å². The SMILES string of the molecule is CC1C=CC(C)C(C(=O)Cl)C1. The highest BCUT2D eigenvalue weighted by molar-refractivity contribution is 6.64. The summed E-state index contributed by atoms with van der Waals surface area (Å²) < 4.78 is 0. The normalized spacial score (nSPS) is 37.2. The van der Waals surface area contributed by atoms with E-state index in [1.54, 1.807) is 0 Å². The van der Waals surface area contributed by atoms with Gasteiger partial charge in [-0.05, 0) is 29.9 Å². The minimum absolute atomic E-state index is 0.0386. The van der Waals surface area contributed by atoms with Gasteiger partial charge in [-0.3, -0.25) is 4.79 Å². The third-order valence-electron chi connectivity index (χ3n) is 2.30. The molecular weight excluding hydrogens is 160 g/mol. The highest BCUT2D eigenvalue weighted by atomic mass is 35.5. The molecule has 0 amide bonds. The Morgan fingerprint density at radius 3 is 2.55 bits per heavy atom. The lowest BCUT2D eigenvalue weighted by atomic mass is 9.81. The van der Waals surface area contributed by atoms with Crippen molar-refractivity contribution in [3.8, 4) is 0 Å². The molecule has 0 aromatic heterocycles. The minimum atomic E-state index is -0.186. The van der Waals surface area contributed by atoms with Gasteiger partial charge in [-0.1, -0.05) is 26.0 Å². The first-order chi connectivity index (χ1) is 5.11. The Balaban J connectivity index is 2.68. The van der Waals surface area contributed by atoms with E-state index < -0.39 is 0 Å². The molecule has 2 heteroatoms.